The van der Waals surface area contributed by atoms with Crippen molar-refractivity contribution in [3.8, 4) is 6.07 Å². The average Bonchev–Trinajstić information content (AvgIpc) is 2.35. The number of carbonyl (C=O) groups is 1. The Balaban J connectivity index is 2.57. The summed E-state index contributed by atoms with van der Waals surface area (Å²) in [4.78, 5) is 11.4. The van der Waals surface area contributed by atoms with Gasteiger partial charge in [-0.2, -0.15) is 5.26 Å². The maximum absolute atomic E-state index is 11.4. The molecule has 90 valence electrons. The molecule has 4 N–H and O–H groups in total. The first-order valence-corrected chi connectivity index (χ1v) is 5.47. The third kappa shape index (κ3) is 4.03. The number of nitrogens with zero attached hydrogens (tertiary/aromatic N) is 1. The number of hydrogen-bond donors (Lipinski definition) is 3. The van der Waals surface area contributed by atoms with Gasteiger partial charge < -0.3 is 16.4 Å². The molecule has 0 saturated heterocycles. The van der Waals surface area contributed by atoms with E-state index < -0.39 is 0 Å². The zero-order valence-corrected chi connectivity index (χ0v) is 9.79. The summed E-state index contributed by atoms with van der Waals surface area (Å²) in [5.41, 5.74) is 7.36. The fourth-order valence-corrected chi connectivity index (χ4v) is 1.28. The molecule has 5 heteroatoms. The van der Waals surface area contributed by atoms with Gasteiger partial charge in [0.05, 0.1) is 29.6 Å². The van der Waals surface area contributed by atoms with Gasteiger partial charge in [-0.05, 0) is 24.6 Å². The van der Waals surface area contributed by atoms with Gasteiger partial charge in [0.25, 0.3) is 0 Å². The van der Waals surface area contributed by atoms with Crippen LogP contribution in [0.15, 0.2) is 18.2 Å². The van der Waals surface area contributed by atoms with E-state index in [0.29, 0.717) is 23.5 Å². The molecule has 1 rings (SSSR count). The highest BCUT2D eigenvalue weighted by Gasteiger charge is 2.03. The Bertz CT molecular complexity index is 437. The van der Waals surface area contributed by atoms with Crippen LogP contribution in [0.5, 0.6) is 0 Å². The summed E-state index contributed by atoms with van der Waals surface area (Å²) in [7, 11) is 0. The lowest BCUT2D eigenvalue weighted by atomic mass is 10.2. The fraction of sp³-hybridized carbons (Fsp3) is 0.333. The van der Waals surface area contributed by atoms with E-state index in [9.17, 15) is 4.79 Å². The predicted molar refractivity (Wildman–Crippen MR) is 67.4 cm³/mol. The molecule has 5 nitrogen and oxygen atoms in total. The molecule has 0 aliphatic carbocycles. The number of hydrogen-bond acceptors (Lipinski definition) is 4. The van der Waals surface area contributed by atoms with Crippen molar-refractivity contribution in [3.05, 3.63) is 23.8 Å². The molecule has 0 unspecified atom stereocenters. The Hall–Kier alpha value is -2.22. The van der Waals surface area contributed by atoms with Crippen molar-refractivity contribution >= 4 is 17.3 Å². The topological polar surface area (TPSA) is 90.9 Å². The van der Waals surface area contributed by atoms with Gasteiger partial charge in [-0.1, -0.05) is 6.92 Å². The number of carbonyl (C=O) groups excluding carboxylic acids is 1. The molecule has 0 saturated carbocycles. The molecule has 0 atom stereocenters. The Morgan fingerprint density at radius 2 is 2.29 bits per heavy atom. The minimum Gasteiger partial charge on any atom is -0.397 e. The Morgan fingerprint density at radius 3 is 2.94 bits per heavy atom. The van der Waals surface area contributed by atoms with Crippen molar-refractivity contribution in [1.29, 1.82) is 5.26 Å². The number of amides is 1. The second-order valence-corrected chi connectivity index (χ2v) is 3.62. The number of rotatable bonds is 5. The lowest BCUT2D eigenvalue weighted by Crippen LogP contribution is -2.30. The minimum absolute atomic E-state index is 0.0892. The SMILES string of the molecule is CCCNC(=O)CNc1cc(C#N)ccc1N. The number of nitrogens with two attached hydrogens (primary N) is 1. The maximum atomic E-state index is 11.4. The van der Waals surface area contributed by atoms with E-state index in [1.54, 1.807) is 18.2 Å². The summed E-state index contributed by atoms with van der Waals surface area (Å²) < 4.78 is 0. The fourth-order valence-electron chi connectivity index (χ4n) is 1.28. The van der Waals surface area contributed by atoms with Gasteiger partial charge in [-0.15, -0.1) is 0 Å². The molecule has 0 radical (unpaired) electrons. The molecule has 0 aliphatic heterocycles. The van der Waals surface area contributed by atoms with Crippen LogP contribution in [0.4, 0.5) is 11.4 Å². The Labute approximate surface area is 101 Å². The average molecular weight is 232 g/mol. The van der Waals surface area contributed by atoms with Crippen molar-refractivity contribution in [2.45, 2.75) is 13.3 Å². The molecule has 1 amide bonds. The van der Waals surface area contributed by atoms with Crippen LogP contribution >= 0.6 is 0 Å². The molecule has 0 bridgehead atoms. The molecule has 17 heavy (non-hydrogen) atoms. The van der Waals surface area contributed by atoms with Crippen molar-refractivity contribution in [1.82, 2.24) is 5.32 Å². The second-order valence-electron chi connectivity index (χ2n) is 3.62. The third-order valence-electron chi connectivity index (χ3n) is 2.19. The van der Waals surface area contributed by atoms with E-state index in [-0.39, 0.29) is 12.5 Å². The quantitative estimate of drug-likeness (QED) is 0.662. The van der Waals surface area contributed by atoms with Crippen molar-refractivity contribution in [3.63, 3.8) is 0 Å². The third-order valence-corrected chi connectivity index (χ3v) is 2.19. The van der Waals surface area contributed by atoms with Gasteiger partial charge in [0, 0.05) is 6.54 Å². The van der Waals surface area contributed by atoms with E-state index in [1.807, 2.05) is 13.0 Å². The standard InChI is InChI=1S/C12H16N4O/c1-2-5-15-12(17)8-16-11-6-9(7-13)3-4-10(11)14/h3-4,6,16H,2,5,8,14H2,1H3,(H,15,17). The van der Waals surface area contributed by atoms with E-state index in [4.69, 9.17) is 11.0 Å². The molecule has 0 fully saturated rings. The van der Waals surface area contributed by atoms with Crippen molar-refractivity contribution < 1.29 is 4.79 Å². The molecule has 0 aliphatic rings. The number of anilines is 2. The molecular weight excluding hydrogens is 216 g/mol. The van der Waals surface area contributed by atoms with Crippen molar-refractivity contribution in [2.75, 3.05) is 24.1 Å². The van der Waals surface area contributed by atoms with Gasteiger partial charge >= 0.3 is 0 Å². The summed E-state index contributed by atoms with van der Waals surface area (Å²) in [5, 5.41) is 14.4. The number of nitriles is 1. The lowest BCUT2D eigenvalue weighted by Gasteiger charge is -2.09. The van der Waals surface area contributed by atoms with Gasteiger partial charge in [0.15, 0.2) is 0 Å². The van der Waals surface area contributed by atoms with Crippen LogP contribution < -0.4 is 16.4 Å². The molecule has 1 aromatic rings. The highest BCUT2D eigenvalue weighted by molar-refractivity contribution is 5.82. The van der Waals surface area contributed by atoms with Gasteiger partial charge in [0.1, 0.15) is 0 Å². The number of benzene rings is 1. The molecule has 0 aromatic heterocycles. The van der Waals surface area contributed by atoms with Gasteiger partial charge in [0.2, 0.25) is 5.91 Å². The van der Waals surface area contributed by atoms with Crippen molar-refractivity contribution in [2.24, 2.45) is 0 Å². The second kappa shape index (κ2) is 6.38. The van der Waals surface area contributed by atoms with Crippen LogP contribution in [0.3, 0.4) is 0 Å². The largest absolute Gasteiger partial charge is 0.397 e. The van der Waals surface area contributed by atoms with E-state index in [1.165, 1.54) is 0 Å². The monoisotopic (exact) mass is 232 g/mol. The number of nitrogens with one attached hydrogen (secondary N) is 2. The normalized spacial score (nSPS) is 9.41. The summed E-state index contributed by atoms with van der Waals surface area (Å²) in [5.74, 6) is -0.0892. The van der Waals surface area contributed by atoms with E-state index in [2.05, 4.69) is 10.6 Å². The van der Waals surface area contributed by atoms with Crippen LogP contribution in [-0.4, -0.2) is 19.0 Å². The Kier molecular flexibility index (Phi) is 4.82. The van der Waals surface area contributed by atoms with Crippen LogP contribution in [0.2, 0.25) is 0 Å². The predicted octanol–water partition coefficient (Wildman–Crippen LogP) is 1.08. The lowest BCUT2D eigenvalue weighted by molar-refractivity contribution is -0.119. The number of nitrogen functional groups attached to an aromatic ring is 1. The molecule has 0 heterocycles. The zero-order chi connectivity index (χ0) is 12.7. The maximum Gasteiger partial charge on any atom is 0.239 e. The zero-order valence-electron chi connectivity index (χ0n) is 9.79. The Morgan fingerprint density at radius 1 is 1.53 bits per heavy atom. The molecule has 0 spiro atoms. The van der Waals surface area contributed by atoms with Crippen LogP contribution in [-0.2, 0) is 4.79 Å². The van der Waals surface area contributed by atoms with E-state index >= 15 is 0 Å². The summed E-state index contributed by atoms with van der Waals surface area (Å²) in [6, 6.07) is 6.93. The first-order chi connectivity index (χ1) is 8.17. The highest BCUT2D eigenvalue weighted by atomic mass is 16.1. The summed E-state index contributed by atoms with van der Waals surface area (Å²) >= 11 is 0. The van der Waals surface area contributed by atoms with E-state index in [0.717, 1.165) is 6.42 Å². The molecular formula is C12H16N4O. The van der Waals surface area contributed by atoms with Crippen LogP contribution in [0.1, 0.15) is 18.9 Å². The van der Waals surface area contributed by atoms with Gasteiger partial charge in [-0.3, -0.25) is 4.79 Å². The summed E-state index contributed by atoms with van der Waals surface area (Å²) in [6.45, 7) is 2.80. The first kappa shape index (κ1) is 12.8. The smallest absolute Gasteiger partial charge is 0.239 e. The molecule has 1 aromatic carbocycles. The minimum atomic E-state index is -0.0892. The first-order valence-electron chi connectivity index (χ1n) is 5.47. The van der Waals surface area contributed by atoms with Crippen LogP contribution in [0, 0.1) is 11.3 Å². The highest BCUT2D eigenvalue weighted by Crippen LogP contribution is 2.19. The van der Waals surface area contributed by atoms with Crippen LogP contribution in [0.25, 0.3) is 0 Å². The summed E-state index contributed by atoms with van der Waals surface area (Å²) in [6.07, 6.45) is 0.901. The van der Waals surface area contributed by atoms with Gasteiger partial charge in [-0.25, -0.2) is 0 Å².